The number of hydrogen-bond acceptors (Lipinski definition) is 6. The van der Waals surface area contributed by atoms with E-state index in [0.29, 0.717) is 50.5 Å². The van der Waals surface area contributed by atoms with Gasteiger partial charge in [0.05, 0.1) is 36.0 Å². The monoisotopic (exact) mass is 465 g/mol. The van der Waals surface area contributed by atoms with Crippen LogP contribution in [0.4, 0.5) is 5.69 Å². The van der Waals surface area contributed by atoms with Crippen LogP contribution >= 0.6 is 0 Å². The van der Waals surface area contributed by atoms with Crippen molar-refractivity contribution in [1.82, 2.24) is 19.6 Å². The van der Waals surface area contributed by atoms with E-state index < -0.39 is 0 Å². The molecular formula is C25H31N5O4. The normalized spacial score (nSPS) is 20.8. The zero-order valence-corrected chi connectivity index (χ0v) is 19.6. The zero-order chi connectivity index (χ0) is 23.7. The maximum atomic E-state index is 13.2. The molecule has 2 saturated heterocycles. The smallest absolute Gasteiger partial charge is 0.263 e. The van der Waals surface area contributed by atoms with Gasteiger partial charge < -0.3 is 14.5 Å². The first-order chi connectivity index (χ1) is 16.5. The van der Waals surface area contributed by atoms with Gasteiger partial charge in [-0.2, -0.15) is 5.10 Å². The molecule has 1 aromatic heterocycles. The van der Waals surface area contributed by atoms with Gasteiger partial charge in [0.2, 0.25) is 5.91 Å². The second-order valence-electron chi connectivity index (χ2n) is 9.35. The van der Waals surface area contributed by atoms with Crippen LogP contribution in [0.2, 0.25) is 0 Å². The molecule has 0 saturated carbocycles. The van der Waals surface area contributed by atoms with E-state index in [1.165, 1.54) is 4.90 Å². The van der Waals surface area contributed by atoms with E-state index in [-0.39, 0.29) is 29.7 Å². The van der Waals surface area contributed by atoms with Crippen LogP contribution in [0.25, 0.3) is 0 Å². The molecule has 3 aliphatic rings. The summed E-state index contributed by atoms with van der Waals surface area (Å²) in [6.45, 7) is 3.63. The van der Waals surface area contributed by atoms with Gasteiger partial charge in [-0.05, 0) is 43.9 Å². The summed E-state index contributed by atoms with van der Waals surface area (Å²) in [5, 5.41) is 4.19. The predicted octanol–water partition coefficient (Wildman–Crippen LogP) is 2.03. The number of likely N-dealkylation sites (N-methyl/N-ethyl adjacent to an activating group) is 1. The van der Waals surface area contributed by atoms with Crippen molar-refractivity contribution in [2.75, 3.05) is 44.7 Å². The highest BCUT2D eigenvalue weighted by Crippen LogP contribution is 2.34. The molecule has 2 aromatic rings. The fourth-order valence-corrected chi connectivity index (χ4v) is 5.21. The molecule has 9 heteroatoms. The lowest BCUT2D eigenvalue weighted by molar-refractivity contribution is -0.135. The van der Waals surface area contributed by atoms with Gasteiger partial charge in [-0.25, -0.2) is 0 Å². The second kappa shape index (κ2) is 9.58. The van der Waals surface area contributed by atoms with Crippen molar-refractivity contribution in [3.8, 4) is 0 Å². The molecule has 34 heavy (non-hydrogen) atoms. The average Bonchev–Trinajstić information content (AvgIpc) is 3.62. The Morgan fingerprint density at radius 3 is 2.68 bits per heavy atom. The molecule has 9 nitrogen and oxygen atoms in total. The van der Waals surface area contributed by atoms with Crippen molar-refractivity contribution >= 4 is 23.4 Å². The van der Waals surface area contributed by atoms with Gasteiger partial charge in [-0.3, -0.25) is 24.0 Å². The predicted molar refractivity (Wildman–Crippen MR) is 126 cm³/mol. The van der Waals surface area contributed by atoms with Crippen LogP contribution in [0.5, 0.6) is 0 Å². The molecule has 0 unspecified atom stereocenters. The molecule has 3 aliphatic heterocycles. The van der Waals surface area contributed by atoms with E-state index in [2.05, 4.69) is 10.00 Å². The van der Waals surface area contributed by atoms with E-state index in [9.17, 15) is 14.4 Å². The van der Waals surface area contributed by atoms with Crippen LogP contribution in [0, 0.1) is 5.92 Å². The topological polar surface area (TPSA) is 88.0 Å². The standard InChI is InChI=1S/C25H31N5O4/c1-27(14-15-29-11-4-10-26-29)23(31)18-8-12-28(13-9-18)21-7-2-6-20-22(21)25(33)30(24(20)32)17-19-5-3-16-34-19/h2,4,6-7,10-11,18-19H,3,5,8-9,12-17H2,1H3/t19-/m1/s1. The number of fused-ring (bicyclic) bond motifs is 1. The van der Waals surface area contributed by atoms with Crippen LogP contribution in [0.15, 0.2) is 36.7 Å². The largest absolute Gasteiger partial charge is 0.376 e. The third-order valence-corrected chi connectivity index (χ3v) is 7.17. The van der Waals surface area contributed by atoms with Crippen LogP contribution < -0.4 is 4.90 Å². The van der Waals surface area contributed by atoms with E-state index in [1.54, 1.807) is 17.2 Å². The number of carbonyl (C=O) groups is 3. The number of nitrogens with zero attached hydrogens (tertiary/aromatic N) is 5. The molecule has 0 aliphatic carbocycles. The minimum atomic E-state index is -0.235. The number of amides is 3. The summed E-state index contributed by atoms with van der Waals surface area (Å²) in [5.41, 5.74) is 1.76. The summed E-state index contributed by atoms with van der Waals surface area (Å²) in [7, 11) is 1.84. The van der Waals surface area contributed by atoms with Gasteiger partial charge in [-0.15, -0.1) is 0 Å². The van der Waals surface area contributed by atoms with Crippen molar-refractivity contribution < 1.29 is 19.1 Å². The molecule has 1 atom stereocenters. The summed E-state index contributed by atoms with van der Waals surface area (Å²) in [5.74, 6) is -0.355. The minimum Gasteiger partial charge on any atom is -0.376 e. The summed E-state index contributed by atoms with van der Waals surface area (Å²) < 4.78 is 7.47. The number of rotatable bonds is 7. The number of imide groups is 1. The van der Waals surface area contributed by atoms with E-state index in [1.807, 2.05) is 36.1 Å². The van der Waals surface area contributed by atoms with Gasteiger partial charge in [0.1, 0.15) is 0 Å². The Hall–Kier alpha value is -3.20. The number of anilines is 1. The first-order valence-electron chi connectivity index (χ1n) is 12.1. The van der Waals surface area contributed by atoms with Crippen LogP contribution in [-0.2, 0) is 16.1 Å². The summed E-state index contributed by atoms with van der Waals surface area (Å²) >= 11 is 0. The fraction of sp³-hybridized carbons (Fsp3) is 0.520. The van der Waals surface area contributed by atoms with E-state index >= 15 is 0 Å². The maximum Gasteiger partial charge on any atom is 0.263 e. The van der Waals surface area contributed by atoms with Crippen LogP contribution in [-0.4, -0.2) is 83.2 Å². The SMILES string of the molecule is CN(CCn1cccn1)C(=O)C1CCN(c2cccc3c2C(=O)N(C[C@H]2CCCO2)C3=O)CC1. The zero-order valence-electron chi connectivity index (χ0n) is 19.6. The van der Waals surface area contributed by atoms with Crippen molar-refractivity contribution in [2.45, 2.75) is 38.3 Å². The molecule has 3 amide bonds. The number of aromatic nitrogens is 2. The van der Waals surface area contributed by atoms with E-state index in [4.69, 9.17) is 4.74 Å². The Labute approximate surface area is 199 Å². The first-order valence-corrected chi connectivity index (χ1v) is 12.1. The molecule has 0 radical (unpaired) electrons. The molecule has 1 aromatic carbocycles. The van der Waals surface area contributed by atoms with Gasteiger partial charge in [0, 0.05) is 51.6 Å². The number of hydrogen-bond donors (Lipinski definition) is 0. The number of carbonyl (C=O) groups excluding carboxylic acids is 3. The number of ether oxygens (including phenoxy) is 1. The van der Waals surface area contributed by atoms with E-state index in [0.717, 1.165) is 31.4 Å². The Bertz CT molecular complexity index is 1060. The van der Waals surface area contributed by atoms with Crippen molar-refractivity contribution in [1.29, 1.82) is 0 Å². The second-order valence-corrected chi connectivity index (χ2v) is 9.35. The Kier molecular flexibility index (Phi) is 6.36. The molecule has 180 valence electrons. The van der Waals surface area contributed by atoms with Crippen molar-refractivity contribution in [3.05, 3.63) is 47.8 Å². The summed E-state index contributed by atoms with van der Waals surface area (Å²) in [6, 6.07) is 7.37. The first kappa shape index (κ1) is 22.6. The molecule has 0 N–H and O–H groups in total. The molecule has 4 heterocycles. The minimum absolute atomic E-state index is 0.0380. The molecule has 0 spiro atoms. The van der Waals surface area contributed by atoms with Gasteiger partial charge in [-0.1, -0.05) is 6.07 Å². The Morgan fingerprint density at radius 2 is 1.97 bits per heavy atom. The maximum absolute atomic E-state index is 13.2. The van der Waals surface area contributed by atoms with Crippen LogP contribution in [0.3, 0.4) is 0 Å². The summed E-state index contributed by atoms with van der Waals surface area (Å²) in [6.07, 6.45) is 6.83. The highest BCUT2D eigenvalue weighted by atomic mass is 16.5. The van der Waals surface area contributed by atoms with Gasteiger partial charge >= 0.3 is 0 Å². The van der Waals surface area contributed by atoms with Crippen molar-refractivity contribution in [2.24, 2.45) is 5.92 Å². The lowest BCUT2D eigenvalue weighted by atomic mass is 9.94. The fourth-order valence-electron chi connectivity index (χ4n) is 5.21. The lowest BCUT2D eigenvalue weighted by Gasteiger charge is -2.35. The molecule has 5 rings (SSSR count). The number of piperidine rings is 1. The highest BCUT2D eigenvalue weighted by Gasteiger charge is 2.40. The third kappa shape index (κ3) is 4.32. The number of benzene rings is 1. The van der Waals surface area contributed by atoms with Gasteiger partial charge in [0.15, 0.2) is 0 Å². The quantitative estimate of drug-likeness (QED) is 0.582. The highest BCUT2D eigenvalue weighted by molar-refractivity contribution is 6.23. The van der Waals surface area contributed by atoms with Gasteiger partial charge in [0.25, 0.3) is 11.8 Å². The van der Waals surface area contributed by atoms with Crippen molar-refractivity contribution in [3.63, 3.8) is 0 Å². The average molecular weight is 466 g/mol. The summed E-state index contributed by atoms with van der Waals surface area (Å²) in [4.78, 5) is 44.4. The Morgan fingerprint density at radius 1 is 1.15 bits per heavy atom. The molecular weight excluding hydrogens is 434 g/mol. The third-order valence-electron chi connectivity index (χ3n) is 7.17. The van der Waals surface area contributed by atoms with Crippen LogP contribution in [0.1, 0.15) is 46.4 Å². The lowest BCUT2D eigenvalue weighted by Crippen LogP contribution is -2.42. The molecule has 0 bridgehead atoms. The molecule has 2 fully saturated rings. The Balaban J connectivity index is 1.22.